The number of esters is 1. The van der Waals surface area contributed by atoms with E-state index in [0.717, 1.165) is 5.01 Å². The van der Waals surface area contributed by atoms with Crippen molar-refractivity contribution in [3.63, 3.8) is 0 Å². The first-order chi connectivity index (χ1) is 24.0. The highest BCUT2D eigenvalue weighted by Crippen LogP contribution is 2.47. The molecule has 6 aromatic rings. The van der Waals surface area contributed by atoms with Crippen molar-refractivity contribution in [2.75, 3.05) is 13.7 Å². The number of aromatic hydroxyl groups is 2. The Labute approximate surface area is 280 Å². The Morgan fingerprint density at radius 1 is 0.940 bits per heavy atom. The summed E-state index contributed by atoms with van der Waals surface area (Å²) in [7, 11) is 1.22. The number of aromatic amines is 1. The zero-order valence-electron chi connectivity index (χ0n) is 26.1. The number of hydrogen-bond donors (Lipinski definition) is 8. The number of methoxy groups -OCH3 is 1. The van der Waals surface area contributed by atoms with Gasteiger partial charge in [-0.15, -0.1) is 0 Å². The number of nitrogens with zero attached hydrogens (tertiary/aromatic N) is 3. The summed E-state index contributed by atoms with van der Waals surface area (Å²) in [6, 6.07) is 13.4. The molecule has 0 bridgehead atoms. The Hall–Kier alpha value is -5.62. The Morgan fingerprint density at radius 2 is 1.64 bits per heavy atom. The van der Waals surface area contributed by atoms with Crippen LogP contribution in [0.5, 0.6) is 11.5 Å². The van der Waals surface area contributed by atoms with Crippen molar-refractivity contribution in [1.29, 1.82) is 0 Å². The summed E-state index contributed by atoms with van der Waals surface area (Å²) >= 11 is 0. The Bertz CT molecular complexity index is 2420. The number of benzene rings is 3. The number of ether oxygens (including phenoxy) is 2. The molecule has 0 saturated carbocycles. The molecule has 2 amide bonds. The molecule has 8 N–H and O–H groups in total. The van der Waals surface area contributed by atoms with Gasteiger partial charge in [-0.25, -0.2) is 20.2 Å². The molecule has 2 aliphatic rings. The number of imide groups is 1. The molecule has 5 atom stereocenters. The van der Waals surface area contributed by atoms with Crippen LogP contribution in [0, 0.1) is 0 Å². The Kier molecular flexibility index (Phi) is 7.26. The molecule has 0 spiro atoms. The van der Waals surface area contributed by atoms with Crippen LogP contribution in [0.2, 0.25) is 0 Å². The van der Waals surface area contributed by atoms with E-state index in [1.807, 2.05) is 0 Å². The number of aromatic nitrogens is 3. The summed E-state index contributed by atoms with van der Waals surface area (Å²) in [6.45, 7) is -0.837. The van der Waals surface area contributed by atoms with Crippen LogP contribution in [-0.4, -0.2) is 106 Å². The highest BCUT2D eigenvalue weighted by Gasteiger charge is 2.47. The highest BCUT2D eigenvalue weighted by atomic mass is 16.6. The summed E-state index contributed by atoms with van der Waals surface area (Å²) in [5.74, 6) is -2.38. The average molecular weight is 684 g/mol. The standard InChI is InChI=1S/C34H29N5O11/c1-49-34(48)18-4-2-3-13(36-18)11-35-39-31(46)24-22-16-7-5-14(41)9-19(16)37-26(22)27-23(25(24)32(39)47)17-8-6-15(42)10-20(17)38(27)33-30(45)29(44)28(43)21(12-40)50-33/h2-10,21,28-30,33,35,37,40-45H,11-12H2,1H3/t21-,28-,29+,30-,33-/m1/s1. The minimum atomic E-state index is -1.76. The predicted octanol–water partition coefficient (Wildman–Crippen LogP) is 1.29. The van der Waals surface area contributed by atoms with Gasteiger partial charge in [-0.1, -0.05) is 6.07 Å². The summed E-state index contributed by atoms with van der Waals surface area (Å²) in [6.07, 6.45) is -7.93. The Morgan fingerprint density at radius 3 is 2.36 bits per heavy atom. The maximum Gasteiger partial charge on any atom is 0.356 e. The van der Waals surface area contributed by atoms with E-state index in [9.17, 15) is 45.0 Å². The maximum atomic E-state index is 14.4. The third-order valence-corrected chi connectivity index (χ3v) is 9.33. The fourth-order valence-electron chi connectivity index (χ4n) is 7.07. The Balaban J connectivity index is 1.39. The van der Waals surface area contributed by atoms with Crippen LogP contribution in [0.25, 0.3) is 43.6 Å². The largest absolute Gasteiger partial charge is 0.508 e. The molecule has 256 valence electrons. The van der Waals surface area contributed by atoms with Crippen LogP contribution in [-0.2, 0) is 16.0 Å². The third-order valence-electron chi connectivity index (χ3n) is 9.33. The second-order valence-electron chi connectivity index (χ2n) is 12.2. The van der Waals surface area contributed by atoms with E-state index < -0.39 is 55.0 Å². The van der Waals surface area contributed by atoms with Gasteiger partial charge in [0.2, 0.25) is 0 Å². The molecule has 0 aliphatic carbocycles. The normalized spacial score (nSPS) is 22.3. The summed E-state index contributed by atoms with van der Waals surface area (Å²) in [4.78, 5) is 48.3. The lowest BCUT2D eigenvalue weighted by Gasteiger charge is -2.41. The zero-order chi connectivity index (χ0) is 35.2. The van der Waals surface area contributed by atoms with Crippen molar-refractivity contribution >= 4 is 61.4 Å². The fourth-order valence-corrected chi connectivity index (χ4v) is 7.07. The first-order valence-corrected chi connectivity index (χ1v) is 15.5. The fraction of sp³-hybridized carbons (Fsp3) is 0.235. The number of amides is 2. The molecular weight excluding hydrogens is 654 g/mol. The lowest BCUT2D eigenvalue weighted by atomic mass is 9.96. The minimum Gasteiger partial charge on any atom is -0.508 e. The van der Waals surface area contributed by atoms with E-state index in [-0.39, 0.29) is 51.3 Å². The number of nitrogens with one attached hydrogen (secondary N) is 2. The number of aliphatic hydroxyl groups excluding tert-OH is 4. The second-order valence-corrected chi connectivity index (χ2v) is 12.2. The van der Waals surface area contributed by atoms with Gasteiger partial charge in [0.25, 0.3) is 11.8 Å². The lowest BCUT2D eigenvalue weighted by molar-refractivity contribution is -0.249. The number of phenols is 2. The van der Waals surface area contributed by atoms with Crippen LogP contribution >= 0.6 is 0 Å². The molecule has 0 unspecified atom stereocenters. The number of aliphatic hydroxyl groups is 4. The topological polar surface area (TPSA) is 240 Å². The van der Waals surface area contributed by atoms with Gasteiger partial charge in [0.1, 0.15) is 41.6 Å². The van der Waals surface area contributed by atoms with E-state index in [4.69, 9.17) is 9.47 Å². The second kappa shape index (κ2) is 11.5. The van der Waals surface area contributed by atoms with Gasteiger partial charge >= 0.3 is 5.97 Å². The first-order valence-electron chi connectivity index (χ1n) is 15.5. The molecule has 16 heteroatoms. The van der Waals surface area contributed by atoms with Crippen molar-refractivity contribution in [3.05, 3.63) is 77.1 Å². The average Bonchev–Trinajstić information content (AvgIpc) is 3.72. The number of fused-ring (bicyclic) bond motifs is 10. The van der Waals surface area contributed by atoms with E-state index in [2.05, 4.69) is 15.4 Å². The van der Waals surface area contributed by atoms with Crippen LogP contribution in [0.1, 0.15) is 43.1 Å². The number of hydrogen-bond acceptors (Lipinski definition) is 13. The van der Waals surface area contributed by atoms with Crippen LogP contribution in [0.3, 0.4) is 0 Å². The van der Waals surface area contributed by atoms with Crippen molar-refractivity contribution in [3.8, 4) is 11.5 Å². The smallest absolute Gasteiger partial charge is 0.356 e. The number of H-pyrrole nitrogens is 1. The number of carbonyl (C=O) groups is 3. The number of phenolic OH excluding ortho intramolecular Hbond substituents is 2. The highest BCUT2D eigenvalue weighted by molar-refractivity contribution is 6.39. The summed E-state index contributed by atoms with van der Waals surface area (Å²) in [5.41, 5.74) is 4.36. The van der Waals surface area contributed by atoms with Crippen LogP contribution in [0.4, 0.5) is 0 Å². The molecular formula is C34H29N5O11. The van der Waals surface area contributed by atoms with Crippen molar-refractivity contribution in [2.45, 2.75) is 37.2 Å². The summed E-state index contributed by atoms with van der Waals surface area (Å²) in [5, 5.41) is 65.8. The van der Waals surface area contributed by atoms with E-state index in [0.29, 0.717) is 32.9 Å². The van der Waals surface area contributed by atoms with Gasteiger partial charge in [0.05, 0.1) is 59.1 Å². The molecule has 0 radical (unpaired) electrons. The monoisotopic (exact) mass is 683 g/mol. The summed E-state index contributed by atoms with van der Waals surface area (Å²) < 4.78 is 12.2. The number of hydrazine groups is 1. The molecule has 16 nitrogen and oxygen atoms in total. The third kappa shape index (κ3) is 4.47. The molecule has 8 rings (SSSR count). The molecule has 5 heterocycles. The molecule has 1 saturated heterocycles. The van der Waals surface area contributed by atoms with E-state index in [1.165, 1.54) is 48.1 Å². The predicted molar refractivity (Wildman–Crippen MR) is 174 cm³/mol. The van der Waals surface area contributed by atoms with Gasteiger partial charge in [-0.05, 0) is 36.4 Å². The van der Waals surface area contributed by atoms with Gasteiger partial charge in [0, 0.05) is 33.7 Å². The van der Waals surface area contributed by atoms with Crippen molar-refractivity contribution in [1.82, 2.24) is 25.0 Å². The van der Waals surface area contributed by atoms with Crippen LogP contribution < -0.4 is 5.43 Å². The number of carbonyl (C=O) groups excluding carboxylic acids is 3. The van der Waals surface area contributed by atoms with Crippen LogP contribution in [0.15, 0.2) is 54.6 Å². The SMILES string of the molecule is COC(=O)c1cccc(CNN2C(=O)c3c(c4c5ccc(O)cc5n([C@@H]5O[C@H](CO)[C@@H](O)[C@H](O)[C@H]5O)c4c4[nH]c5cc(O)ccc5c34)C2=O)n1. The number of rotatable bonds is 6. The first kappa shape index (κ1) is 31.6. The minimum absolute atomic E-state index is 0.0192. The molecule has 3 aromatic heterocycles. The maximum absolute atomic E-state index is 14.4. The molecule has 50 heavy (non-hydrogen) atoms. The molecule has 1 fully saturated rings. The lowest BCUT2D eigenvalue weighted by Crippen LogP contribution is -2.56. The molecule has 3 aromatic carbocycles. The van der Waals surface area contributed by atoms with E-state index in [1.54, 1.807) is 18.2 Å². The van der Waals surface area contributed by atoms with Gasteiger partial charge in [-0.3, -0.25) is 9.59 Å². The van der Waals surface area contributed by atoms with Crippen molar-refractivity contribution in [2.24, 2.45) is 0 Å². The van der Waals surface area contributed by atoms with Gasteiger partial charge < -0.3 is 49.7 Å². The van der Waals surface area contributed by atoms with E-state index >= 15 is 0 Å². The quantitative estimate of drug-likeness (QED) is 0.0913. The zero-order valence-corrected chi connectivity index (χ0v) is 26.1. The molecule has 2 aliphatic heterocycles. The van der Waals surface area contributed by atoms with Crippen molar-refractivity contribution < 1.29 is 54.5 Å². The number of pyridine rings is 1. The van der Waals surface area contributed by atoms with Gasteiger partial charge in [0.15, 0.2) is 6.23 Å². The van der Waals surface area contributed by atoms with Gasteiger partial charge in [-0.2, -0.15) is 0 Å².